The number of morpholine rings is 1. The van der Waals surface area contributed by atoms with Gasteiger partial charge in [0, 0.05) is 25.0 Å². The summed E-state index contributed by atoms with van der Waals surface area (Å²) in [5.41, 5.74) is 2.73. The Hall–Kier alpha value is -2.45. The molecule has 2 aromatic heterocycles. The Morgan fingerprint density at radius 1 is 1.22 bits per heavy atom. The van der Waals surface area contributed by atoms with Crippen molar-refractivity contribution in [3.8, 4) is 0 Å². The number of carbonyl (C=O) groups excluding carboxylic acids is 2. The highest BCUT2D eigenvalue weighted by Gasteiger charge is 2.37. The molecule has 4 heterocycles. The lowest BCUT2D eigenvalue weighted by atomic mass is 10.1. The minimum Gasteiger partial charge on any atom is -0.378 e. The van der Waals surface area contributed by atoms with Crippen molar-refractivity contribution in [2.75, 3.05) is 26.3 Å². The lowest BCUT2D eigenvalue weighted by Crippen LogP contribution is -2.46. The van der Waals surface area contributed by atoms with Gasteiger partial charge in [-0.1, -0.05) is 6.07 Å². The summed E-state index contributed by atoms with van der Waals surface area (Å²) in [5, 5.41) is 2.88. The van der Waals surface area contributed by atoms with Crippen LogP contribution in [0, 0.1) is 6.92 Å². The molecule has 0 saturated carbocycles. The number of fused-ring (bicyclic) bond motifs is 1. The molecule has 0 aliphatic carbocycles. The number of amides is 2. The number of imidazole rings is 1. The van der Waals surface area contributed by atoms with Crippen LogP contribution in [-0.2, 0) is 25.6 Å². The first-order valence-corrected chi connectivity index (χ1v) is 9.35. The molecule has 2 fully saturated rings. The predicted molar refractivity (Wildman–Crippen MR) is 97.1 cm³/mol. The van der Waals surface area contributed by atoms with Crippen LogP contribution < -0.4 is 5.32 Å². The SMILES string of the molecule is Cc1cccc2nc(CNC(=O)[C@@H]3CC[C@H](C(=O)N4CCOCC4)O3)cn12. The van der Waals surface area contributed by atoms with E-state index in [2.05, 4.69) is 10.3 Å². The molecule has 8 heteroatoms. The second kappa shape index (κ2) is 7.66. The fourth-order valence-electron chi connectivity index (χ4n) is 3.57. The van der Waals surface area contributed by atoms with Crippen LogP contribution in [0.3, 0.4) is 0 Å². The van der Waals surface area contributed by atoms with E-state index >= 15 is 0 Å². The highest BCUT2D eigenvalue weighted by Crippen LogP contribution is 2.22. The largest absolute Gasteiger partial charge is 0.378 e. The maximum absolute atomic E-state index is 12.5. The molecule has 2 aromatic rings. The van der Waals surface area contributed by atoms with Crippen molar-refractivity contribution >= 4 is 17.5 Å². The van der Waals surface area contributed by atoms with Crippen molar-refractivity contribution in [1.29, 1.82) is 0 Å². The topological polar surface area (TPSA) is 85.2 Å². The van der Waals surface area contributed by atoms with Gasteiger partial charge in [0.2, 0.25) is 5.91 Å². The molecule has 0 spiro atoms. The van der Waals surface area contributed by atoms with Crippen molar-refractivity contribution in [3.05, 3.63) is 35.8 Å². The first kappa shape index (κ1) is 17.9. The maximum atomic E-state index is 12.5. The van der Waals surface area contributed by atoms with Crippen LogP contribution in [0.5, 0.6) is 0 Å². The van der Waals surface area contributed by atoms with Crippen LogP contribution in [0.15, 0.2) is 24.4 Å². The standard InChI is InChI=1S/C19H24N4O4/c1-13-3-2-4-17-21-14(12-23(13)17)11-20-18(24)15-5-6-16(27-15)19(25)22-7-9-26-10-8-22/h2-4,12,15-16H,5-11H2,1H3,(H,20,24)/t15-,16+/m0/s1. The van der Waals surface area contributed by atoms with Gasteiger partial charge in [-0.15, -0.1) is 0 Å². The number of hydrogen-bond acceptors (Lipinski definition) is 5. The molecular weight excluding hydrogens is 348 g/mol. The van der Waals surface area contributed by atoms with Crippen LogP contribution in [0.25, 0.3) is 5.65 Å². The highest BCUT2D eigenvalue weighted by atomic mass is 16.5. The van der Waals surface area contributed by atoms with E-state index in [-0.39, 0.29) is 11.8 Å². The van der Waals surface area contributed by atoms with Gasteiger partial charge < -0.3 is 24.1 Å². The zero-order valence-electron chi connectivity index (χ0n) is 15.4. The summed E-state index contributed by atoms with van der Waals surface area (Å²) in [7, 11) is 0. The smallest absolute Gasteiger partial charge is 0.251 e. The Morgan fingerprint density at radius 3 is 2.78 bits per heavy atom. The monoisotopic (exact) mass is 372 g/mol. The molecule has 144 valence electrons. The maximum Gasteiger partial charge on any atom is 0.251 e. The minimum absolute atomic E-state index is 0.0376. The molecule has 0 radical (unpaired) electrons. The third kappa shape index (κ3) is 3.81. The van der Waals surface area contributed by atoms with E-state index in [1.807, 2.05) is 35.7 Å². The first-order valence-electron chi connectivity index (χ1n) is 9.35. The molecule has 27 heavy (non-hydrogen) atoms. The molecule has 2 amide bonds. The van der Waals surface area contributed by atoms with Crippen LogP contribution in [0.2, 0.25) is 0 Å². The number of aryl methyl sites for hydroxylation is 1. The Bertz CT molecular complexity index is 843. The summed E-state index contributed by atoms with van der Waals surface area (Å²) in [6, 6.07) is 5.90. The van der Waals surface area contributed by atoms with E-state index in [1.54, 1.807) is 4.90 Å². The second-order valence-corrected chi connectivity index (χ2v) is 6.97. The van der Waals surface area contributed by atoms with Gasteiger partial charge in [-0.2, -0.15) is 0 Å². The van der Waals surface area contributed by atoms with Crippen molar-refractivity contribution < 1.29 is 19.1 Å². The summed E-state index contributed by atoms with van der Waals surface area (Å²) in [4.78, 5) is 31.2. The fourth-order valence-corrected chi connectivity index (χ4v) is 3.57. The third-order valence-corrected chi connectivity index (χ3v) is 5.10. The molecule has 8 nitrogen and oxygen atoms in total. The van der Waals surface area contributed by atoms with E-state index in [9.17, 15) is 9.59 Å². The Kier molecular flexibility index (Phi) is 5.09. The number of aromatic nitrogens is 2. The summed E-state index contributed by atoms with van der Waals surface area (Å²) >= 11 is 0. The quantitative estimate of drug-likeness (QED) is 0.853. The molecule has 0 unspecified atom stereocenters. The summed E-state index contributed by atoms with van der Waals surface area (Å²) in [6.07, 6.45) is 1.93. The normalized spacial score (nSPS) is 22.9. The molecule has 2 aliphatic rings. The van der Waals surface area contributed by atoms with E-state index in [1.165, 1.54) is 0 Å². The van der Waals surface area contributed by atoms with Gasteiger partial charge >= 0.3 is 0 Å². The van der Waals surface area contributed by atoms with Gasteiger partial charge in [-0.3, -0.25) is 9.59 Å². The van der Waals surface area contributed by atoms with Gasteiger partial charge in [0.1, 0.15) is 17.9 Å². The van der Waals surface area contributed by atoms with E-state index < -0.39 is 12.2 Å². The van der Waals surface area contributed by atoms with Crippen molar-refractivity contribution in [2.45, 2.75) is 38.5 Å². The van der Waals surface area contributed by atoms with Crippen molar-refractivity contribution in [2.24, 2.45) is 0 Å². The first-order chi connectivity index (χ1) is 13.1. The van der Waals surface area contributed by atoms with Crippen LogP contribution in [0.4, 0.5) is 0 Å². The molecule has 0 aromatic carbocycles. The average molecular weight is 372 g/mol. The number of rotatable bonds is 4. The Morgan fingerprint density at radius 2 is 2.00 bits per heavy atom. The molecule has 0 bridgehead atoms. The lowest BCUT2D eigenvalue weighted by molar-refractivity contribution is -0.149. The van der Waals surface area contributed by atoms with Crippen molar-refractivity contribution in [3.63, 3.8) is 0 Å². The Labute approximate surface area is 157 Å². The van der Waals surface area contributed by atoms with E-state index in [4.69, 9.17) is 9.47 Å². The number of hydrogen-bond donors (Lipinski definition) is 1. The molecule has 1 N–H and O–H groups in total. The van der Waals surface area contributed by atoms with Crippen LogP contribution in [0.1, 0.15) is 24.2 Å². The fraction of sp³-hybridized carbons (Fsp3) is 0.526. The minimum atomic E-state index is -0.584. The summed E-state index contributed by atoms with van der Waals surface area (Å²) in [5.74, 6) is -0.231. The number of pyridine rings is 1. The van der Waals surface area contributed by atoms with Gasteiger partial charge in [-0.05, 0) is 31.9 Å². The molecule has 2 aliphatic heterocycles. The zero-order chi connectivity index (χ0) is 18.8. The predicted octanol–water partition coefficient (Wildman–Crippen LogP) is 0.665. The number of nitrogens with zero attached hydrogens (tertiary/aromatic N) is 3. The highest BCUT2D eigenvalue weighted by molar-refractivity contribution is 5.85. The van der Waals surface area contributed by atoms with Gasteiger partial charge in [-0.25, -0.2) is 4.98 Å². The lowest BCUT2D eigenvalue weighted by Gasteiger charge is -2.29. The third-order valence-electron chi connectivity index (χ3n) is 5.10. The van der Waals surface area contributed by atoms with Gasteiger partial charge in [0.05, 0.1) is 25.5 Å². The van der Waals surface area contributed by atoms with E-state index in [0.29, 0.717) is 45.7 Å². The summed E-state index contributed by atoms with van der Waals surface area (Å²) in [6.45, 7) is 4.63. The zero-order valence-corrected chi connectivity index (χ0v) is 15.4. The number of nitrogens with one attached hydrogen (secondary N) is 1. The van der Waals surface area contributed by atoms with Crippen LogP contribution in [-0.4, -0.2) is 64.6 Å². The average Bonchev–Trinajstić information content (AvgIpc) is 3.34. The number of carbonyl (C=O) groups is 2. The Balaban J connectivity index is 1.31. The van der Waals surface area contributed by atoms with Gasteiger partial charge in [0.15, 0.2) is 0 Å². The molecule has 2 atom stereocenters. The second-order valence-electron chi connectivity index (χ2n) is 6.97. The molecule has 2 saturated heterocycles. The van der Waals surface area contributed by atoms with Gasteiger partial charge in [0.25, 0.3) is 5.91 Å². The molecular formula is C19H24N4O4. The van der Waals surface area contributed by atoms with Crippen LogP contribution >= 0.6 is 0 Å². The summed E-state index contributed by atoms with van der Waals surface area (Å²) < 4.78 is 13.0. The van der Waals surface area contributed by atoms with Crippen molar-refractivity contribution in [1.82, 2.24) is 19.6 Å². The number of ether oxygens (including phenoxy) is 2. The van der Waals surface area contributed by atoms with E-state index in [0.717, 1.165) is 17.0 Å². The molecule has 4 rings (SSSR count).